The molecule has 0 fully saturated rings. The van der Waals surface area contributed by atoms with Gasteiger partial charge in [0.15, 0.2) is 0 Å². The van der Waals surface area contributed by atoms with E-state index in [4.69, 9.17) is 0 Å². The Balaban J connectivity index is 2.13. The molecule has 0 saturated carbocycles. The van der Waals surface area contributed by atoms with Crippen LogP contribution >= 0.6 is 0 Å². The molecule has 0 radical (unpaired) electrons. The zero-order chi connectivity index (χ0) is 11.4. The molecule has 86 valence electrons. The number of hydrogen-bond acceptors (Lipinski definition) is 2. The molecule has 0 amide bonds. The first-order valence-corrected chi connectivity index (χ1v) is 5.96. The maximum atomic E-state index is 4.45. The standard InChI is InChI=1S/C13H19N3/c1-3-8-14-9-11(2)16-13-7-5-4-6-12(13)10-15-16/h4-7,10-11,14H,3,8-9H2,1-2H3. The van der Waals surface area contributed by atoms with Gasteiger partial charge >= 0.3 is 0 Å². The molecule has 0 aliphatic heterocycles. The van der Waals surface area contributed by atoms with E-state index in [9.17, 15) is 0 Å². The predicted octanol–water partition coefficient (Wildman–Crippen LogP) is 2.60. The van der Waals surface area contributed by atoms with Gasteiger partial charge in [-0.1, -0.05) is 25.1 Å². The maximum Gasteiger partial charge on any atom is 0.0686 e. The fourth-order valence-corrected chi connectivity index (χ4v) is 1.92. The molecule has 16 heavy (non-hydrogen) atoms. The molecule has 0 aliphatic rings. The Morgan fingerprint density at radius 1 is 1.38 bits per heavy atom. The molecule has 2 aromatic rings. The van der Waals surface area contributed by atoms with Crippen molar-refractivity contribution >= 4 is 10.9 Å². The van der Waals surface area contributed by atoms with Crippen LogP contribution in [0.25, 0.3) is 10.9 Å². The summed E-state index contributed by atoms with van der Waals surface area (Å²) in [5.41, 5.74) is 1.22. The third-order valence-corrected chi connectivity index (χ3v) is 2.79. The summed E-state index contributed by atoms with van der Waals surface area (Å²) in [5.74, 6) is 0. The van der Waals surface area contributed by atoms with Gasteiger partial charge in [0.05, 0.1) is 17.8 Å². The van der Waals surface area contributed by atoms with E-state index in [1.807, 2.05) is 12.3 Å². The first-order valence-electron chi connectivity index (χ1n) is 5.96. The summed E-state index contributed by atoms with van der Waals surface area (Å²) < 4.78 is 2.10. The molecule has 1 atom stereocenters. The lowest BCUT2D eigenvalue weighted by Crippen LogP contribution is -2.24. The van der Waals surface area contributed by atoms with Crippen LogP contribution < -0.4 is 5.32 Å². The van der Waals surface area contributed by atoms with E-state index in [-0.39, 0.29) is 0 Å². The highest BCUT2D eigenvalue weighted by molar-refractivity contribution is 5.78. The summed E-state index contributed by atoms with van der Waals surface area (Å²) in [6.45, 7) is 6.42. The molecular formula is C13H19N3. The largest absolute Gasteiger partial charge is 0.315 e. The number of nitrogens with one attached hydrogen (secondary N) is 1. The minimum atomic E-state index is 0.395. The number of fused-ring (bicyclic) bond motifs is 1. The molecule has 2 rings (SSSR count). The van der Waals surface area contributed by atoms with Crippen LogP contribution in [0.1, 0.15) is 26.3 Å². The molecule has 1 aromatic heterocycles. The van der Waals surface area contributed by atoms with E-state index in [1.165, 1.54) is 17.3 Å². The lowest BCUT2D eigenvalue weighted by atomic mass is 10.2. The fourth-order valence-electron chi connectivity index (χ4n) is 1.92. The van der Waals surface area contributed by atoms with Crippen LogP contribution in [0.2, 0.25) is 0 Å². The highest BCUT2D eigenvalue weighted by Crippen LogP contribution is 2.16. The Morgan fingerprint density at radius 3 is 3.00 bits per heavy atom. The van der Waals surface area contributed by atoms with Crippen LogP contribution in [0.5, 0.6) is 0 Å². The van der Waals surface area contributed by atoms with Crippen molar-refractivity contribution in [2.75, 3.05) is 13.1 Å². The highest BCUT2D eigenvalue weighted by Gasteiger charge is 2.08. The van der Waals surface area contributed by atoms with Crippen LogP contribution in [-0.2, 0) is 0 Å². The SMILES string of the molecule is CCCNCC(C)n1ncc2ccccc21. The lowest BCUT2D eigenvalue weighted by molar-refractivity contribution is 0.466. The molecule has 0 spiro atoms. The Morgan fingerprint density at radius 2 is 2.19 bits per heavy atom. The Labute approximate surface area is 96.5 Å². The molecule has 0 saturated heterocycles. The van der Waals surface area contributed by atoms with E-state index < -0.39 is 0 Å². The quantitative estimate of drug-likeness (QED) is 0.780. The smallest absolute Gasteiger partial charge is 0.0686 e. The Kier molecular flexibility index (Phi) is 3.57. The maximum absolute atomic E-state index is 4.45. The minimum Gasteiger partial charge on any atom is -0.315 e. The first-order chi connectivity index (χ1) is 7.83. The van der Waals surface area contributed by atoms with Crippen LogP contribution in [0.15, 0.2) is 30.5 Å². The summed E-state index contributed by atoms with van der Waals surface area (Å²) in [4.78, 5) is 0. The van der Waals surface area contributed by atoms with Gasteiger partial charge in [-0.3, -0.25) is 4.68 Å². The minimum absolute atomic E-state index is 0.395. The average Bonchev–Trinajstić information content (AvgIpc) is 2.73. The van der Waals surface area contributed by atoms with E-state index in [0.717, 1.165) is 13.1 Å². The zero-order valence-electron chi connectivity index (χ0n) is 9.98. The zero-order valence-corrected chi connectivity index (χ0v) is 9.98. The van der Waals surface area contributed by atoms with Crippen molar-refractivity contribution in [1.82, 2.24) is 15.1 Å². The number of aromatic nitrogens is 2. The van der Waals surface area contributed by atoms with Crippen LogP contribution in [0.4, 0.5) is 0 Å². The third kappa shape index (κ3) is 2.25. The number of para-hydroxylation sites is 1. The van der Waals surface area contributed by atoms with Gasteiger partial charge in [-0.15, -0.1) is 0 Å². The van der Waals surface area contributed by atoms with E-state index in [1.54, 1.807) is 0 Å². The monoisotopic (exact) mass is 217 g/mol. The average molecular weight is 217 g/mol. The summed E-state index contributed by atoms with van der Waals surface area (Å²) in [7, 11) is 0. The predicted molar refractivity (Wildman–Crippen MR) is 67.6 cm³/mol. The van der Waals surface area contributed by atoms with Crippen molar-refractivity contribution in [2.45, 2.75) is 26.3 Å². The molecule has 1 N–H and O–H groups in total. The number of nitrogens with zero attached hydrogens (tertiary/aromatic N) is 2. The number of rotatable bonds is 5. The first kappa shape index (κ1) is 11.1. The van der Waals surface area contributed by atoms with Crippen molar-refractivity contribution in [3.8, 4) is 0 Å². The topological polar surface area (TPSA) is 29.9 Å². The molecule has 1 unspecified atom stereocenters. The van der Waals surface area contributed by atoms with Gasteiger partial charge in [0.1, 0.15) is 0 Å². The molecule has 0 bridgehead atoms. The summed E-state index contributed by atoms with van der Waals surface area (Å²) in [5, 5.41) is 9.09. The molecule has 1 aromatic carbocycles. The molecule has 3 heteroatoms. The normalized spacial score (nSPS) is 13.1. The van der Waals surface area contributed by atoms with Gasteiger partial charge in [0.25, 0.3) is 0 Å². The van der Waals surface area contributed by atoms with Gasteiger partial charge < -0.3 is 5.32 Å². The van der Waals surface area contributed by atoms with E-state index in [2.05, 4.69) is 47.1 Å². The van der Waals surface area contributed by atoms with Crippen LogP contribution in [0.3, 0.4) is 0 Å². The highest BCUT2D eigenvalue weighted by atomic mass is 15.3. The fraction of sp³-hybridized carbons (Fsp3) is 0.462. The van der Waals surface area contributed by atoms with Crippen molar-refractivity contribution in [2.24, 2.45) is 0 Å². The molecular weight excluding hydrogens is 198 g/mol. The van der Waals surface area contributed by atoms with Crippen molar-refractivity contribution < 1.29 is 0 Å². The summed E-state index contributed by atoms with van der Waals surface area (Å²) in [6.07, 6.45) is 3.11. The van der Waals surface area contributed by atoms with Crippen molar-refractivity contribution in [1.29, 1.82) is 0 Å². The molecule has 0 aliphatic carbocycles. The van der Waals surface area contributed by atoms with Crippen LogP contribution in [0, 0.1) is 0 Å². The number of benzene rings is 1. The second-order valence-corrected chi connectivity index (χ2v) is 4.20. The third-order valence-electron chi connectivity index (χ3n) is 2.79. The molecule has 1 heterocycles. The van der Waals surface area contributed by atoms with Gasteiger partial charge in [-0.25, -0.2) is 0 Å². The second kappa shape index (κ2) is 5.12. The van der Waals surface area contributed by atoms with Gasteiger partial charge in [-0.2, -0.15) is 5.10 Å². The summed E-state index contributed by atoms with van der Waals surface area (Å²) >= 11 is 0. The Hall–Kier alpha value is -1.35. The van der Waals surface area contributed by atoms with Crippen molar-refractivity contribution in [3.63, 3.8) is 0 Å². The Bertz CT molecular complexity index is 447. The van der Waals surface area contributed by atoms with Crippen molar-refractivity contribution in [3.05, 3.63) is 30.5 Å². The van der Waals surface area contributed by atoms with E-state index >= 15 is 0 Å². The van der Waals surface area contributed by atoms with E-state index in [0.29, 0.717) is 6.04 Å². The van der Waals surface area contributed by atoms with Crippen LogP contribution in [-0.4, -0.2) is 22.9 Å². The second-order valence-electron chi connectivity index (χ2n) is 4.20. The summed E-state index contributed by atoms with van der Waals surface area (Å²) in [6, 6.07) is 8.73. The lowest BCUT2D eigenvalue weighted by Gasteiger charge is -2.14. The number of hydrogen-bond donors (Lipinski definition) is 1. The van der Waals surface area contributed by atoms with Gasteiger partial charge in [-0.05, 0) is 26.0 Å². The van der Waals surface area contributed by atoms with Gasteiger partial charge in [0, 0.05) is 11.9 Å². The molecule has 3 nitrogen and oxygen atoms in total. The van der Waals surface area contributed by atoms with Gasteiger partial charge in [0.2, 0.25) is 0 Å².